The van der Waals surface area contributed by atoms with Crippen molar-refractivity contribution in [2.24, 2.45) is 0 Å². The van der Waals surface area contributed by atoms with Gasteiger partial charge in [-0.05, 0) is 12.1 Å². The molecule has 0 saturated carbocycles. The molecule has 1 aromatic rings. The van der Waals surface area contributed by atoms with Crippen molar-refractivity contribution in [3.05, 3.63) is 34.6 Å². The van der Waals surface area contributed by atoms with Gasteiger partial charge in [-0.15, -0.1) is 0 Å². The summed E-state index contributed by atoms with van der Waals surface area (Å²) < 4.78 is 13.5. The van der Waals surface area contributed by atoms with Crippen molar-refractivity contribution >= 4 is 11.6 Å². The van der Waals surface area contributed by atoms with E-state index in [0.29, 0.717) is 10.6 Å². The van der Waals surface area contributed by atoms with Crippen molar-refractivity contribution in [1.82, 2.24) is 10.6 Å². The minimum absolute atomic E-state index is 0.0163. The molecule has 1 saturated heterocycles. The minimum Gasteiger partial charge on any atom is -0.314 e. The molecule has 14 heavy (non-hydrogen) atoms. The molecule has 1 heterocycles. The summed E-state index contributed by atoms with van der Waals surface area (Å²) in [6, 6.07) is 4.77. The molecule has 0 amide bonds. The maximum Gasteiger partial charge on any atom is 0.129 e. The largest absolute Gasteiger partial charge is 0.314 e. The lowest BCUT2D eigenvalue weighted by Crippen LogP contribution is -2.43. The monoisotopic (exact) mass is 214 g/mol. The first-order valence-electron chi connectivity index (χ1n) is 4.67. The highest BCUT2D eigenvalue weighted by atomic mass is 35.5. The van der Waals surface area contributed by atoms with Gasteiger partial charge in [-0.25, -0.2) is 4.39 Å². The van der Waals surface area contributed by atoms with Gasteiger partial charge in [0.1, 0.15) is 5.82 Å². The van der Waals surface area contributed by atoms with E-state index in [1.807, 2.05) is 0 Å². The lowest BCUT2D eigenvalue weighted by molar-refractivity contribution is 0.417. The van der Waals surface area contributed by atoms with Gasteiger partial charge in [-0.1, -0.05) is 17.7 Å². The molecule has 2 rings (SSSR count). The quantitative estimate of drug-likeness (QED) is 0.744. The summed E-state index contributed by atoms with van der Waals surface area (Å²) in [4.78, 5) is 0. The summed E-state index contributed by atoms with van der Waals surface area (Å²) in [5, 5.41) is 6.92. The van der Waals surface area contributed by atoms with Crippen LogP contribution in [0.15, 0.2) is 18.2 Å². The smallest absolute Gasteiger partial charge is 0.129 e. The van der Waals surface area contributed by atoms with Crippen molar-refractivity contribution in [3.8, 4) is 0 Å². The molecule has 1 aliphatic heterocycles. The van der Waals surface area contributed by atoms with Gasteiger partial charge < -0.3 is 10.6 Å². The zero-order valence-corrected chi connectivity index (χ0v) is 8.44. The Bertz CT molecular complexity index is 304. The molecule has 0 aromatic heterocycles. The SMILES string of the molecule is Fc1cccc(Cl)c1[C@@H]1CNCCN1. The summed E-state index contributed by atoms with van der Waals surface area (Å²) in [6.45, 7) is 2.48. The Morgan fingerprint density at radius 1 is 1.36 bits per heavy atom. The van der Waals surface area contributed by atoms with Crippen LogP contribution in [0.4, 0.5) is 4.39 Å². The minimum atomic E-state index is -0.237. The predicted molar refractivity (Wildman–Crippen MR) is 55.0 cm³/mol. The Morgan fingerprint density at radius 3 is 2.86 bits per heavy atom. The van der Waals surface area contributed by atoms with E-state index in [4.69, 9.17) is 11.6 Å². The van der Waals surface area contributed by atoms with Crippen molar-refractivity contribution in [1.29, 1.82) is 0 Å². The van der Waals surface area contributed by atoms with E-state index in [9.17, 15) is 4.39 Å². The van der Waals surface area contributed by atoms with E-state index in [0.717, 1.165) is 19.6 Å². The first kappa shape index (κ1) is 9.90. The fourth-order valence-corrected chi connectivity index (χ4v) is 2.00. The van der Waals surface area contributed by atoms with Crippen LogP contribution in [-0.4, -0.2) is 19.6 Å². The van der Waals surface area contributed by atoms with Gasteiger partial charge in [0, 0.05) is 36.3 Å². The first-order valence-corrected chi connectivity index (χ1v) is 5.05. The number of halogens is 2. The number of benzene rings is 1. The molecule has 0 aliphatic carbocycles. The molecule has 0 radical (unpaired) electrons. The van der Waals surface area contributed by atoms with E-state index in [2.05, 4.69) is 10.6 Å². The third-order valence-electron chi connectivity index (χ3n) is 2.39. The van der Waals surface area contributed by atoms with Crippen LogP contribution in [0, 0.1) is 5.82 Å². The third kappa shape index (κ3) is 1.90. The Hall–Kier alpha value is -0.640. The number of piperazine rings is 1. The Balaban J connectivity index is 2.29. The molecule has 1 aliphatic rings. The van der Waals surface area contributed by atoms with Crippen LogP contribution in [0.1, 0.15) is 11.6 Å². The van der Waals surface area contributed by atoms with Gasteiger partial charge in [0.05, 0.1) is 0 Å². The summed E-state index contributed by atoms with van der Waals surface area (Å²) in [7, 11) is 0. The molecule has 1 aromatic carbocycles. The average molecular weight is 215 g/mol. The van der Waals surface area contributed by atoms with Gasteiger partial charge >= 0.3 is 0 Å². The van der Waals surface area contributed by atoms with E-state index in [1.165, 1.54) is 6.07 Å². The lowest BCUT2D eigenvalue weighted by Gasteiger charge is -2.25. The van der Waals surface area contributed by atoms with Crippen LogP contribution in [0.5, 0.6) is 0 Å². The number of nitrogens with one attached hydrogen (secondary N) is 2. The standard InChI is InChI=1S/C10H12ClFN2/c11-7-2-1-3-8(12)10(7)9-6-13-4-5-14-9/h1-3,9,13-14H,4-6H2/t9-/m0/s1. The topological polar surface area (TPSA) is 24.1 Å². The molecular weight excluding hydrogens is 203 g/mol. The number of rotatable bonds is 1. The van der Waals surface area contributed by atoms with Crippen LogP contribution in [-0.2, 0) is 0 Å². The van der Waals surface area contributed by atoms with E-state index >= 15 is 0 Å². The van der Waals surface area contributed by atoms with Gasteiger partial charge in [0.15, 0.2) is 0 Å². The summed E-state index contributed by atoms with van der Waals surface area (Å²) in [5.74, 6) is -0.237. The van der Waals surface area contributed by atoms with Crippen LogP contribution >= 0.6 is 11.6 Å². The molecule has 0 spiro atoms. The van der Waals surface area contributed by atoms with Crippen LogP contribution < -0.4 is 10.6 Å². The third-order valence-corrected chi connectivity index (χ3v) is 2.72. The Labute approximate surface area is 87.5 Å². The van der Waals surface area contributed by atoms with E-state index in [-0.39, 0.29) is 11.9 Å². The second-order valence-electron chi connectivity index (χ2n) is 3.35. The van der Waals surface area contributed by atoms with E-state index < -0.39 is 0 Å². The highest BCUT2D eigenvalue weighted by molar-refractivity contribution is 6.31. The summed E-state index contributed by atoms with van der Waals surface area (Å²) in [6.07, 6.45) is 0. The predicted octanol–water partition coefficient (Wildman–Crippen LogP) is 1.71. The van der Waals surface area contributed by atoms with Crippen LogP contribution in [0.25, 0.3) is 0 Å². The van der Waals surface area contributed by atoms with Crippen molar-refractivity contribution in [2.45, 2.75) is 6.04 Å². The fourth-order valence-electron chi connectivity index (χ4n) is 1.70. The maximum atomic E-state index is 13.5. The summed E-state index contributed by atoms with van der Waals surface area (Å²) >= 11 is 5.96. The molecule has 4 heteroatoms. The molecular formula is C10H12ClFN2. The molecule has 0 unspecified atom stereocenters. The number of hydrogen-bond donors (Lipinski definition) is 2. The molecule has 76 valence electrons. The van der Waals surface area contributed by atoms with Gasteiger partial charge in [0.2, 0.25) is 0 Å². The molecule has 2 N–H and O–H groups in total. The maximum absolute atomic E-state index is 13.5. The van der Waals surface area contributed by atoms with E-state index in [1.54, 1.807) is 12.1 Å². The molecule has 1 atom stereocenters. The number of hydrogen-bond acceptors (Lipinski definition) is 2. The Morgan fingerprint density at radius 2 is 2.21 bits per heavy atom. The zero-order chi connectivity index (χ0) is 9.97. The second-order valence-corrected chi connectivity index (χ2v) is 3.75. The van der Waals surface area contributed by atoms with Gasteiger partial charge in [0.25, 0.3) is 0 Å². The normalized spacial score (nSPS) is 22.3. The van der Waals surface area contributed by atoms with Crippen molar-refractivity contribution in [2.75, 3.05) is 19.6 Å². The zero-order valence-electron chi connectivity index (χ0n) is 7.69. The van der Waals surface area contributed by atoms with Crippen LogP contribution in [0.2, 0.25) is 5.02 Å². The van der Waals surface area contributed by atoms with Crippen molar-refractivity contribution in [3.63, 3.8) is 0 Å². The second kappa shape index (κ2) is 4.26. The Kier molecular flexibility index (Phi) is 3.01. The average Bonchev–Trinajstić information content (AvgIpc) is 2.19. The first-order chi connectivity index (χ1) is 6.79. The van der Waals surface area contributed by atoms with Gasteiger partial charge in [-0.3, -0.25) is 0 Å². The van der Waals surface area contributed by atoms with Gasteiger partial charge in [-0.2, -0.15) is 0 Å². The molecule has 1 fully saturated rings. The highest BCUT2D eigenvalue weighted by Gasteiger charge is 2.20. The van der Waals surface area contributed by atoms with Crippen LogP contribution in [0.3, 0.4) is 0 Å². The lowest BCUT2D eigenvalue weighted by atomic mass is 10.0. The fraction of sp³-hybridized carbons (Fsp3) is 0.400. The summed E-state index contributed by atoms with van der Waals surface area (Å²) in [5.41, 5.74) is 0.571. The highest BCUT2D eigenvalue weighted by Crippen LogP contribution is 2.25. The molecule has 2 nitrogen and oxygen atoms in total. The molecule has 0 bridgehead atoms. The van der Waals surface area contributed by atoms with Crippen molar-refractivity contribution < 1.29 is 4.39 Å².